The standard InChI is InChI=1S/C20H20ClN7O/c21-15-4-1-3-14(11-15)13-26-6-8-27(9-7-26)17-12-18-23-19(16-5-2-10-29-16)25-28(18)20(22)24-17/h1-5,10-12H,6-9,13H2,(H2,22,24). The molecule has 29 heavy (non-hydrogen) atoms. The van der Waals surface area contributed by atoms with Crippen molar-refractivity contribution in [3.05, 3.63) is 59.3 Å². The van der Waals surface area contributed by atoms with E-state index >= 15 is 0 Å². The predicted molar refractivity (Wildman–Crippen MR) is 112 cm³/mol. The highest BCUT2D eigenvalue weighted by molar-refractivity contribution is 6.30. The van der Waals surface area contributed by atoms with Gasteiger partial charge in [0.25, 0.3) is 0 Å². The van der Waals surface area contributed by atoms with Crippen LogP contribution in [0.25, 0.3) is 17.2 Å². The van der Waals surface area contributed by atoms with Crippen LogP contribution in [0, 0.1) is 0 Å². The van der Waals surface area contributed by atoms with Crippen LogP contribution in [-0.2, 0) is 6.54 Å². The van der Waals surface area contributed by atoms with Crippen LogP contribution in [0.15, 0.2) is 53.1 Å². The van der Waals surface area contributed by atoms with Gasteiger partial charge in [-0.15, -0.1) is 5.10 Å². The molecule has 1 aliphatic heterocycles. The summed E-state index contributed by atoms with van der Waals surface area (Å²) in [5.74, 6) is 2.22. The third-order valence-electron chi connectivity index (χ3n) is 5.07. The quantitative estimate of drug-likeness (QED) is 0.554. The van der Waals surface area contributed by atoms with E-state index in [1.807, 2.05) is 30.3 Å². The highest BCUT2D eigenvalue weighted by Crippen LogP contribution is 2.22. The van der Waals surface area contributed by atoms with Crippen LogP contribution in [0.5, 0.6) is 0 Å². The highest BCUT2D eigenvalue weighted by atomic mass is 35.5. The average molecular weight is 410 g/mol. The van der Waals surface area contributed by atoms with Crippen molar-refractivity contribution >= 4 is 29.0 Å². The van der Waals surface area contributed by atoms with Gasteiger partial charge in [0.05, 0.1) is 6.26 Å². The van der Waals surface area contributed by atoms with Gasteiger partial charge in [0.15, 0.2) is 11.4 Å². The van der Waals surface area contributed by atoms with Crippen molar-refractivity contribution in [1.82, 2.24) is 24.5 Å². The first-order valence-electron chi connectivity index (χ1n) is 9.45. The Balaban J connectivity index is 1.31. The number of nitrogens with two attached hydrogens (primary N) is 1. The van der Waals surface area contributed by atoms with Crippen molar-refractivity contribution in [2.75, 3.05) is 36.8 Å². The lowest BCUT2D eigenvalue weighted by atomic mass is 10.2. The third-order valence-corrected chi connectivity index (χ3v) is 5.30. The summed E-state index contributed by atoms with van der Waals surface area (Å²) >= 11 is 6.10. The Morgan fingerprint density at radius 3 is 2.66 bits per heavy atom. The van der Waals surface area contributed by atoms with Crippen molar-refractivity contribution in [2.45, 2.75) is 6.54 Å². The van der Waals surface area contributed by atoms with Crippen LogP contribution in [0.2, 0.25) is 5.02 Å². The van der Waals surface area contributed by atoms with E-state index in [4.69, 9.17) is 21.8 Å². The summed E-state index contributed by atoms with van der Waals surface area (Å²) in [6, 6.07) is 13.6. The van der Waals surface area contributed by atoms with Gasteiger partial charge in [-0.3, -0.25) is 4.90 Å². The van der Waals surface area contributed by atoms with Gasteiger partial charge in [-0.25, -0.2) is 4.98 Å². The van der Waals surface area contributed by atoms with E-state index in [0.29, 0.717) is 23.2 Å². The normalized spacial score (nSPS) is 15.3. The van der Waals surface area contributed by atoms with Crippen molar-refractivity contribution in [3.63, 3.8) is 0 Å². The largest absolute Gasteiger partial charge is 0.461 e. The molecule has 148 valence electrons. The number of hydrogen-bond donors (Lipinski definition) is 1. The van der Waals surface area contributed by atoms with Gasteiger partial charge in [-0.1, -0.05) is 23.7 Å². The first kappa shape index (κ1) is 18.0. The van der Waals surface area contributed by atoms with Gasteiger partial charge in [-0.05, 0) is 29.8 Å². The number of nitrogens with zero attached hydrogens (tertiary/aromatic N) is 6. The first-order chi connectivity index (χ1) is 14.2. The second-order valence-corrected chi connectivity index (χ2v) is 7.48. The summed E-state index contributed by atoms with van der Waals surface area (Å²) in [4.78, 5) is 13.7. The summed E-state index contributed by atoms with van der Waals surface area (Å²) in [6.07, 6.45) is 1.59. The zero-order valence-electron chi connectivity index (χ0n) is 15.7. The fourth-order valence-corrected chi connectivity index (χ4v) is 3.81. The number of fused-ring (bicyclic) bond motifs is 1. The minimum atomic E-state index is 0.309. The van der Waals surface area contributed by atoms with Crippen LogP contribution in [0.4, 0.5) is 11.8 Å². The van der Waals surface area contributed by atoms with Gasteiger partial charge in [0.2, 0.25) is 11.8 Å². The Bertz CT molecular complexity index is 1130. The van der Waals surface area contributed by atoms with E-state index in [0.717, 1.165) is 43.6 Å². The van der Waals surface area contributed by atoms with Gasteiger partial charge in [0.1, 0.15) is 5.82 Å². The molecule has 2 N–H and O–H groups in total. The second kappa shape index (κ2) is 7.38. The molecule has 5 rings (SSSR count). The fraction of sp³-hybridized carbons (Fsp3) is 0.250. The van der Waals surface area contributed by atoms with Crippen molar-refractivity contribution in [2.24, 2.45) is 0 Å². The molecule has 1 aromatic carbocycles. The molecule has 0 atom stereocenters. The van der Waals surface area contributed by atoms with Crippen molar-refractivity contribution in [3.8, 4) is 11.6 Å². The number of piperazine rings is 1. The molecule has 0 aliphatic carbocycles. The molecule has 1 aliphatic rings. The van der Waals surface area contributed by atoms with Gasteiger partial charge < -0.3 is 15.1 Å². The van der Waals surface area contributed by atoms with E-state index in [1.54, 1.807) is 12.3 Å². The molecule has 3 aromatic heterocycles. The Morgan fingerprint density at radius 1 is 1.03 bits per heavy atom. The van der Waals surface area contributed by atoms with Crippen LogP contribution >= 0.6 is 11.6 Å². The summed E-state index contributed by atoms with van der Waals surface area (Å²) in [6.45, 7) is 4.48. The number of aromatic nitrogens is 4. The monoisotopic (exact) mass is 409 g/mol. The Morgan fingerprint density at radius 2 is 1.90 bits per heavy atom. The average Bonchev–Trinajstić information content (AvgIpc) is 3.38. The lowest BCUT2D eigenvalue weighted by Gasteiger charge is -2.35. The van der Waals surface area contributed by atoms with E-state index in [-0.39, 0.29) is 0 Å². The zero-order chi connectivity index (χ0) is 19.8. The molecule has 0 unspecified atom stereocenters. The SMILES string of the molecule is Nc1nc(N2CCN(Cc3cccc(Cl)c3)CC2)cc2nc(-c3ccco3)nn12. The van der Waals surface area contributed by atoms with E-state index in [1.165, 1.54) is 10.1 Å². The summed E-state index contributed by atoms with van der Waals surface area (Å²) < 4.78 is 6.92. The van der Waals surface area contributed by atoms with Gasteiger partial charge in [0, 0.05) is 43.8 Å². The van der Waals surface area contributed by atoms with Crippen molar-refractivity contribution in [1.29, 1.82) is 0 Å². The molecule has 8 nitrogen and oxygen atoms in total. The lowest BCUT2D eigenvalue weighted by Crippen LogP contribution is -2.46. The molecule has 0 amide bonds. The molecule has 1 saturated heterocycles. The number of nitrogen functional groups attached to an aromatic ring is 1. The van der Waals surface area contributed by atoms with Crippen LogP contribution < -0.4 is 10.6 Å². The second-order valence-electron chi connectivity index (χ2n) is 7.05. The summed E-state index contributed by atoms with van der Waals surface area (Å²) in [5, 5.41) is 5.17. The number of anilines is 2. The predicted octanol–water partition coefficient (Wildman–Crippen LogP) is 2.94. The van der Waals surface area contributed by atoms with Crippen LogP contribution in [-0.4, -0.2) is 50.7 Å². The van der Waals surface area contributed by atoms with E-state index in [2.05, 4.69) is 30.9 Å². The number of rotatable bonds is 4. The minimum absolute atomic E-state index is 0.309. The molecule has 4 heterocycles. The summed E-state index contributed by atoms with van der Waals surface area (Å²) in [5.41, 5.74) is 8.02. The maximum absolute atomic E-state index is 6.14. The van der Waals surface area contributed by atoms with Gasteiger partial charge >= 0.3 is 0 Å². The van der Waals surface area contributed by atoms with Crippen LogP contribution in [0.1, 0.15) is 5.56 Å². The number of furan rings is 1. The first-order valence-corrected chi connectivity index (χ1v) is 9.82. The molecule has 4 aromatic rings. The van der Waals surface area contributed by atoms with Crippen LogP contribution in [0.3, 0.4) is 0 Å². The number of halogens is 1. The van der Waals surface area contributed by atoms with E-state index < -0.39 is 0 Å². The molecule has 0 radical (unpaired) electrons. The smallest absolute Gasteiger partial charge is 0.225 e. The van der Waals surface area contributed by atoms with E-state index in [9.17, 15) is 0 Å². The maximum atomic E-state index is 6.14. The topological polar surface area (TPSA) is 88.7 Å². The third kappa shape index (κ3) is 3.64. The highest BCUT2D eigenvalue weighted by Gasteiger charge is 2.20. The van der Waals surface area contributed by atoms with Gasteiger partial charge in [-0.2, -0.15) is 9.50 Å². The molecular weight excluding hydrogens is 390 g/mol. The molecule has 0 spiro atoms. The number of hydrogen-bond acceptors (Lipinski definition) is 7. The fourth-order valence-electron chi connectivity index (χ4n) is 3.60. The molecule has 9 heteroatoms. The lowest BCUT2D eigenvalue weighted by molar-refractivity contribution is 0.249. The Labute approximate surface area is 172 Å². The number of benzene rings is 1. The zero-order valence-corrected chi connectivity index (χ0v) is 16.5. The molecule has 0 saturated carbocycles. The molecule has 1 fully saturated rings. The Kier molecular flexibility index (Phi) is 4.57. The molecular formula is C20H20ClN7O. The molecule has 0 bridgehead atoms. The summed E-state index contributed by atoms with van der Waals surface area (Å²) in [7, 11) is 0. The minimum Gasteiger partial charge on any atom is -0.461 e. The maximum Gasteiger partial charge on any atom is 0.225 e. The Hall–Kier alpha value is -3.10. The van der Waals surface area contributed by atoms with Crippen molar-refractivity contribution < 1.29 is 4.42 Å².